The van der Waals surface area contributed by atoms with E-state index in [1.807, 2.05) is 6.92 Å². The summed E-state index contributed by atoms with van der Waals surface area (Å²) in [4.78, 5) is 11.3. The fourth-order valence-corrected chi connectivity index (χ4v) is 1.45. The molecule has 4 nitrogen and oxygen atoms in total. The van der Waals surface area contributed by atoms with Gasteiger partial charge in [-0.1, -0.05) is 12.8 Å². The summed E-state index contributed by atoms with van der Waals surface area (Å²) >= 11 is 0. The molecule has 0 heterocycles. The summed E-state index contributed by atoms with van der Waals surface area (Å²) in [6.07, 6.45) is 3.68. The Balaban J connectivity index is 2.11. The van der Waals surface area contributed by atoms with E-state index in [0.29, 0.717) is 0 Å². The van der Waals surface area contributed by atoms with Crippen molar-refractivity contribution in [2.75, 3.05) is 6.61 Å². The minimum Gasteiger partial charge on any atom is -0.394 e. The quantitative estimate of drug-likeness (QED) is 0.616. The van der Waals surface area contributed by atoms with Crippen molar-refractivity contribution in [3.63, 3.8) is 0 Å². The van der Waals surface area contributed by atoms with Crippen LogP contribution in [-0.2, 0) is 0 Å². The lowest BCUT2D eigenvalue weighted by Gasteiger charge is -2.16. The van der Waals surface area contributed by atoms with E-state index in [4.69, 9.17) is 5.11 Å². The maximum atomic E-state index is 11.3. The van der Waals surface area contributed by atoms with Crippen LogP contribution >= 0.6 is 0 Å². The van der Waals surface area contributed by atoms with Crippen LogP contribution in [-0.4, -0.2) is 29.8 Å². The van der Waals surface area contributed by atoms with Gasteiger partial charge in [-0.25, -0.2) is 4.79 Å². The van der Waals surface area contributed by atoms with Gasteiger partial charge in [0.25, 0.3) is 0 Å². The maximum Gasteiger partial charge on any atom is 0.315 e. The molecule has 0 aromatic heterocycles. The molecular formula is C10H20N2O2. The molecule has 1 rings (SSSR count). The molecule has 3 N–H and O–H groups in total. The van der Waals surface area contributed by atoms with Crippen LogP contribution in [0.3, 0.4) is 0 Å². The molecule has 0 bridgehead atoms. The van der Waals surface area contributed by atoms with Crippen molar-refractivity contribution >= 4 is 6.03 Å². The van der Waals surface area contributed by atoms with Crippen LogP contribution in [0.2, 0.25) is 0 Å². The molecular weight excluding hydrogens is 180 g/mol. The van der Waals surface area contributed by atoms with Gasteiger partial charge in [0.15, 0.2) is 0 Å². The highest BCUT2D eigenvalue weighted by Gasteiger charge is 2.24. The Morgan fingerprint density at radius 1 is 1.36 bits per heavy atom. The molecule has 1 saturated carbocycles. The van der Waals surface area contributed by atoms with Crippen molar-refractivity contribution in [2.24, 2.45) is 5.92 Å². The topological polar surface area (TPSA) is 61.4 Å². The summed E-state index contributed by atoms with van der Waals surface area (Å²) in [7, 11) is 0. The highest BCUT2D eigenvalue weighted by atomic mass is 16.3. The molecule has 1 aliphatic carbocycles. The fourth-order valence-electron chi connectivity index (χ4n) is 1.45. The standard InChI is InChI=1S/C10H20N2O2/c1-7(5-9-3-4-9)11-10(14)12-8(2)6-13/h7-9,13H,3-6H2,1-2H3,(H2,11,12,14)/t7?,8-/m0/s1. The molecule has 2 atom stereocenters. The van der Waals surface area contributed by atoms with Crippen LogP contribution in [0.15, 0.2) is 0 Å². The number of hydrogen-bond acceptors (Lipinski definition) is 2. The van der Waals surface area contributed by atoms with Gasteiger partial charge in [0.05, 0.1) is 12.6 Å². The van der Waals surface area contributed by atoms with Crippen LogP contribution in [0.4, 0.5) is 4.79 Å². The number of amides is 2. The Hall–Kier alpha value is -0.770. The largest absolute Gasteiger partial charge is 0.394 e. The van der Waals surface area contributed by atoms with Crippen molar-refractivity contribution in [1.29, 1.82) is 0 Å². The number of aliphatic hydroxyl groups excluding tert-OH is 1. The van der Waals surface area contributed by atoms with E-state index in [9.17, 15) is 4.79 Å². The number of nitrogens with one attached hydrogen (secondary N) is 2. The first kappa shape index (κ1) is 11.3. The van der Waals surface area contributed by atoms with Gasteiger partial charge >= 0.3 is 6.03 Å². The molecule has 0 spiro atoms. The normalized spacial score (nSPS) is 19.9. The number of carbonyl (C=O) groups is 1. The molecule has 1 fully saturated rings. The van der Waals surface area contributed by atoms with Gasteiger partial charge in [0.1, 0.15) is 0 Å². The summed E-state index contributed by atoms with van der Waals surface area (Å²) in [5, 5.41) is 14.2. The van der Waals surface area contributed by atoms with Crippen LogP contribution in [0, 0.1) is 5.92 Å². The van der Waals surface area contributed by atoms with Gasteiger partial charge in [0.2, 0.25) is 0 Å². The third kappa shape index (κ3) is 4.46. The Bertz CT molecular complexity index is 193. The number of rotatable bonds is 5. The number of aliphatic hydroxyl groups is 1. The lowest BCUT2D eigenvalue weighted by atomic mass is 10.2. The van der Waals surface area contributed by atoms with E-state index < -0.39 is 0 Å². The van der Waals surface area contributed by atoms with Crippen molar-refractivity contribution in [2.45, 2.75) is 45.2 Å². The molecule has 14 heavy (non-hydrogen) atoms. The minimum absolute atomic E-state index is 0.0234. The second-order valence-electron chi connectivity index (χ2n) is 4.28. The van der Waals surface area contributed by atoms with Gasteiger partial charge in [-0.2, -0.15) is 0 Å². The summed E-state index contributed by atoms with van der Waals surface area (Å²) < 4.78 is 0. The highest BCUT2D eigenvalue weighted by Crippen LogP contribution is 2.33. The zero-order chi connectivity index (χ0) is 10.6. The predicted molar refractivity (Wildman–Crippen MR) is 55.0 cm³/mol. The van der Waals surface area contributed by atoms with E-state index >= 15 is 0 Å². The zero-order valence-electron chi connectivity index (χ0n) is 8.92. The molecule has 82 valence electrons. The molecule has 0 saturated heterocycles. The smallest absolute Gasteiger partial charge is 0.315 e. The van der Waals surface area contributed by atoms with Gasteiger partial charge in [-0.3, -0.25) is 0 Å². The van der Waals surface area contributed by atoms with Gasteiger partial charge in [-0.05, 0) is 26.2 Å². The second-order valence-corrected chi connectivity index (χ2v) is 4.28. The number of hydrogen-bond donors (Lipinski definition) is 3. The van der Waals surface area contributed by atoms with E-state index in [0.717, 1.165) is 12.3 Å². The zero-order valence-corrected chi connectivity index (χ0v) is 8.92. The van der Waals surface area contributed by atoms with Gasteiger partial charge < -0.3 is 15.7 Å². The van der Waals surface area contributed by atoms with Crippen molar-refractivity contribution in [3.05, 3.63) is 0 Å². The summed E-state index contributed by atoms with van der Waals surface area (Å²) in [6, 6.07) is -0.129. The Morgan fingerprint density at radius 3 is 2.43 bits per heavy atom. The first-order valence-electron chi connectivity index (χ1n) is 5.29. The summed E-state index contributed by atoms with van der Waals surface area (Å²) in [5.41, 5.74) is 0. The van der Waals surface area contributed by atoms with E-state index in [1.54, 1.807) is 6.92 Å². The minimum atomic E-state index is -0.181. The average molecular weight is 200 g/mol. The predicted octanol–water partition coefficient (Wildman–Crippen LogP) is 0.855. The van der Waals surface area contributed by atoms with Crippen LogP contribution < -0.4 is 10.6 Å². The van der Waals surface area contributed by atoms with E-state index in [1.165, 1.54) is 12.8 Å². The summed E-state index contributed by atoms with van der Waals surface area (Å²) in [6.45, 7) is 3.76. The van der Waals surface area contributed by atoms with Gasteiger partial charge in [0, 0.05) is 6.04 Å². The molecule has 1 aliphatic rings. The Labute approximate surface area is 85.1 Å². The Kier molecular flexibility index (Phi) is 4.20. The number of carbonyl (C=O) groups excluding carboxylic acids is 1. The van der Waals surface area contributed by atoms with Crippen LogP contribution in [0.25, 0.3) is 0 Å². The first-order chi connectivity index (χ1) is 6.61. The van der Waals surface area contributed by atoms with Gasteiger partial charge in [-0.15, -0.1) is 0 Å². The third-order valence-corrected chi connectivity index (χ3v) is 2.41. The maximum absolute atomic E-state index is 11.3. The van der Waals surface area contributed by atoms with Crippen molar-refractivity contribution in [3.8, 4) is 0 Å². The van der Waals surface area contributed by atoms with Crippen LogP contribution in [0.1, 0.15) is 33.1 Å². The molecule has 0 aromatic rings. The molecule has 2 amide bonds. The molecule has 0 aliphatic heterocycles. The SMILES string of the molecule is CC(CC1CC1)NC(=O)N[C@@H](C)CO. The van der Waals surface area contributed by atoms with Crippen LogP contribution in [0.5, 0.6) is 0 Å². The highest BCUT2D eigenvalue weighted by molar-refractivity contribution is 5.74. The molecule has 4 heteroatoms. The molecule has 0 radical (unpaired) electrons. The third-order valence-electron chi connectivity index (χ3n) is 2.41. The van der Waals surface area contributed by atoms with E-state index in [2.05, 4.69) is 10.6 Å². The fraction of sp³-hybridized carbons (Fsp3) is 0.900. The first-order valence-corrected chi connectivity index (χ1v) is 5.29. The van der Waals surface area contributed by atoms with E-state index in [-0.39, 0.29) is 24.7 Å². The summed E-state index contributed by atoms with van der Waals surface area (Å²) in [5.74, 6) is 0.820. The lowest BCUT2D eigenvalue weighted by molar-refractivity contribution is 0.217. The molecule has 1 unspecified atom stereocenters. The molecule has 0 aromatic carbocycles. The average Bonchev–Trinajstić information content (AvgIpc) is 2.87. The lowest BCUT2D eigenvalue weighted by Crippen LogP contribution is -2.45. The monoisotopic (exact) mass is 200 g/mol. The van der Waals surface area contributed by atoms with Crippen molar-refractivity contribution < 1.29 is 9.90 Å². The number of urea groups is 1. The Morgan fingerprint density at radius 2 is 1.93 bits per heavy atom. The van der Waals surface area contributed by atoms with Crippen molar-refractivity contribution in [1.82, 2.24) is 10.6 Å². The second kappa shape index (κ2) is 5.20.